The van der Waals surface area contributed by atoms with Gasteiger partial charge in [0.15, 0.2) is 0 Å². The molecule has 0 fully saturated rings. The van der Waals surface area contributed by atoms with Gasteiger partial charge in [-0.2, -0.15) is 4.68 Å². The van der Waals surface area contributed by atoms with Crippen LogP contribution in [-0.2, 0) is 5.41 Å². The molecule has 0 aliphatic rings. The Hall–Kier alpha value is -1.46. The summed E-state index contributed by atoms with van der Waals surface area (Å²) in [5.74, 6) is 0.205. The summed E-state index contributed by atoms with van der Waals surface area (Å²) in [7, 11) is 0. The van der Waals surface area contributed by atoms with E-state index in [0.717, 1.165) is 4.68 Å². The van der Waals surface area contributed by atoms with E-state index in [9.17, 15) is 4.79 Å². The van der Waals surface area contributed by atoms with Crippen LogP contribution < -0.4 is 10.5 Å². The lowest BCUT2D eigenvalue weighted by Crippen LogP contribution is -2.15. The molecule has 0 N–H and O–H groups in total. The van der Waals surface area contributed by atoms with E-state index in [0.29, 0.717) is 17.3 Å². The van der Waals surface area contributed by atoms with Crippen LogP contribution in [0.2, 0.25) is 10.0 Å². The van der Waals surface area contributed by atoms with Crippen molar-refractivity contribution < 1.29 is 9.15 Å². The number of hydrogen-bond donors (Lipinski definition) is 0. The van der Waals surface area contributed by atoms with Crippen molar-refractivity contribution in [1.82, 2.24) is 9.78 Å². The summed E-state index contributed by atoms with van der Waals surface area (Å²) in [5, 5.41) is 4.71. The lowest BCUT2D eigenvalue weighted by atomic mass is 9.97. The molecule has 0 unspecified atom stereocenters. The average molecular weight is 345 g/mol. The molecule has 120 valence electrons. The number of nitrogens with zero attached hydrogens (tertiary/aromatic N) is 2. The molecule has 2 aromatic rings. The zero-order chi connectivity index (χ0) is 16.7. The molecule has 0 atom stereocenters. The standard InChI is InChI=1S/C15H18Cl2N2O3/c1-8(2)21-9-6-10(16)12(17)11(7-9)19-14(20)22-13(18-19)15(3,4)5/h6-8H,1-5H3. The van der Waals surface area contributed by atoms with Crippen molar-refractivity contribution >= 4 is 23.2 Å². The first-order valence-electron chi connectivity index (χ1n) is 6.86. The highest BCUT2D eigenvalue weighted by Crippen LogP contribution is 2.33. The molecule has 0 aliphatic carbocycles. The first kappa shape index (κ1) is 16.9. The Labute approximate surface area is 138 Å². The number of ether oxygens (including phenoxy) is 1. The molecule has 0 radical (unpaired) electrons. The summed E-state index contributed by atoms with van der Waals surface area (Å²) in [6, 6.07) is 3.22. The average Bonchev–Trinajstić information content (AvgIpc) is 2.75. The number of halogens is 2. The second kappa shape index (κ2) is 5.97. The Morgan fingerprint density at radius 1 is 1.27 bits per heavy atom. The quantitative estimate of drug-likeness (QED) is 0.836. The molecule has 1 heterocycles. The van der Waals surface area contributed by atoms with Crippen LogP contribution in [0.3, 0.4) is 0 Å². The number of benzene rings is 1. The maximum Gasteiger partial charge on any atom is 0.442 e. The monoisotopic (exact) mass is 344 g/mol. The van der Waals surface area contributed by atoms with Crippen LogP contribution in [0.5, 0.6) is 5.75 Å². The van der Waals surface area contributed by atoms with Gasteiger partial charge in [-0.15, -0.1) is 5.10 Å². The molecule has 2 rings (SSSR count). The molecule has 5 nitrogen and oxygen atoms in total. The van der Waals surface area contributed by atoms with Crippen molar-refractivity contribution in [3.05, 3.63) is 38.6 Å². The lowest BCUT2D eigenvalue weighted by molar-refractivity contribution is 0.242. The van der Waals surface area contributed by atoms with Crippen LogP contribution in [-0.4, -0.2) is 15.9 Å². The highest BCUT2D eigenvalue weighted by molar-refractivity contribution is 6.43. The van der Waals surface area contributed by atoms with E-state index in [4.69, 9.17) is 32.4 Å². The van der Waals surface area contributed by atoms with Crippen LogP contribution in [0.1, 0.15) is 40.5 Å². The van der Waals surface area contributed by atoms with Crippen molar-refractivity contribution in [2.24, 2.45) is 0 Å². The Bertz CT molecular complexity index is 742. The molecule has 0 amide bonds. The highest BCUT2D eigenvalue weighted by Gasteiger charge is 2.24. The van der Waals surface area contributed by atoms with E-state index in [1.54, 1.807) is 12.1 Å². The van der Waals surface area contributed by atoms with Crippen LogP contribution >= 0.6 is 23.2 Å². The summed E-state index contributed by atoms with van der Waals surface area (Å²) < 4.78 is 11.9. The molecular weight excluding hydrogens is 327 g/mol. The number of aromatic nitrogens is 2. The van der Waals surface area contributed by atoms with E-state index in [1.165, 1.54) is 0 Å². The van der Waals surface area contributed by atoms with Crippen molar-refractivity contribution in [1.29, 1.82) is 0 Å². The van der Waals surface area contributed by atoms with Gasteiger partial charge in [0.1, 0.15) is 5.75 Å². The minimum absolute atomic E-state index is 0.0377. The second-order valence-corrected chi connectivity index (χ2v) is 7.02. The highest BCUT2D eigenvalue weighted by atomic mass is 35.5. The molecule has 0 saturated carbocycles. The molecule has 0 aliphatic heterocycles. The smallest absolute Gasteiger partial charge is 0.442 e. The Balaban J connectivity index is 2.59. The topological polar surface area (TPSA) is 57.3 Å². The molecule has 22 heavy (non-hydrogen) atoms. The van der Waals surface area contributed by atoms with Gasteiger partial charge in [-0.25, -0.2) is 4.79 Å². The van der Waals surface area contributed by atoms with Gasteiger partial charge in [0, 0.05) is 17.5 Å². The van der Waals surface area contributed by atoms with Gasteiger partial charge in [-0.3, -0.25) is 0 Å². The SMILES string of the molecule is CC(C)Oc1cc(Cl)c(Cl)c(-n2nc(C(C)(C)C)oc2=O)c1. The van der Waals surface area contributed by atoms with Crippen LogP contribution in [0.25, 0.3) is 5.69 Å². The summed E-state index contributed by atoms with van der Waals surface area (Å²) in [6.45, 7) is 9.48. The maximum atomic E-state index is 12.1. The van der Waals surface area contributed by atoms with E-state index in [2.05, 4.69) is 5.10 Å². The largest absolute Gasteiger partial charge is 0.491 e. The first-order chi connectivity index (χ1) is 10.1. The fourth-order valence-corrected chi connectivity index (χ4v) is 2.17. The number of hydrogen-bond acceptors (Lipinski definition) is 4. The first-order valence-corrected chi connectivity index (χ1v) is 7.62. The minimum atomic E-state index is -0.621. The maximum absolute atomic E-state index is 12.1. The van der Waals surface area contributed by atoms with Gasteiger partial charge in [-0.05, 0) is 13.8 Å². The minimum Gasteiger partial charge on any atom is -0.491 e. The zero-order valence-electron chi connectivity index (χ0n) is 13.1. The van der Waals surface area contributed by atoms with E-state index >= 15 is 0 Å². The lowest BCUT2D eigenvalue weighted by Gasteiger charge is -2.13. The third-order valence-electron chi connectivity index (χ3n) is 2.77. The Kier molecular flexibility index (Phi) is 4.59. The predicted octanol–water partition coefficient (Wildman–Crippen LogP) is 4.22. The van der Waals surface area contributed by atoms with Crippen LogP contribution in [0.15, 0.2) is 21.3 Å². The van der Waals surface area contributed by atoms with Crippen LogP contribution in [0, 0.1) is 0 Å². The van der Waals surface area contributed by atoms with Gasteiger partial charge in [0.2, 0.25) is 5.89 Å². The van der Waals surface area contributed by atoms with Gasteiger partial charge >= 0.3 is 5.76 Å². The van der Waals surface area contributed by atoms with Crippen molar-refractivity contribution in [3.63, 3.8) is 0 Å². The van der Waals surface area contributed by atoms with E-state index < -0.39 is 11.2 Å². The van der Waals surface area contributed by atoms with Gasteiger partial charge in [0.05, 0.1) is 21.8 Å². The van der Waals surface area contributed by atoms with E-state index in [-0.39, 0.29) is 16.1 Å². The van der Waals surface area contributed by atoms with Crippen molar-refractivity contribution in [3.8, 4) is 11.4 Å². The Morgan fingerprint density at radius 2 is 1.91 bits per heavy atom. The van der Waals surface area contributed by atoms with E-state index in [1.807, 2.05) is 34.6 Å². The molecule has 1 aromatic heterocycles. The third-order valence-corrected chi connectivity index (χ3v) is 3.56. The van der Waals surface area contributed by atoms with Crippen molar-refractivity contribution in [2.45, 2.75) is 46.1 Å². The molecule has 0 spiro atoms. The van der Waals surface area contributed by atoms with Gasteiger partial charge in [-0.1, -0.05) is 44.0 Å². The summed E-state index contributed by atoms with van der Waals surface area (Å²) >= 11 is 12.3. The molecule has 7 heteroatoms. The fourth-order valence-electron chi connectivity index (χ4n) is 1.78. The summed E-state index contributed by atoms with van der Waals surface area (Å²) in [4.78, 5) is 12.1. The van der Waals surface area contributed by atoms with Gasteiger partial charge < -0.3 is 9.15 Å². The summed E-state index contributed by atoms with van der Waals surface area (Å²) in [5.41, 5.74) is -0.0683. The van der Waals surface area contributed by atoms with Crippen LogP contribution in [0.4, 0.5) is 0 Å². The molecular formula is C15H18Cl2N2O3. The fraction of sp³-hybridized carbons (Fsp3) is 0.467. The normalized spacial score (nSPS) is 12.0. The third kappa shape index (κ3) is 3.47. The Morgan fingerprint density at radius 3 is 2.41 bits per heavy atom. The predicted molar refractivity (Wildman–Crippen MR) is 86.6 cm³/mol. The molecule has 0 saturated heterocycles. The summed E-state index contributed by atoms with van der Waals surface area (Å²) in [6.07, 6.45) is -0.0377. The number of rotatable bonds is 3. The second-order valence-electron chi connectivity index (χ2n) is 6.24. The van der Waals surface area contributed by atoms with Gasteiger partial charge in [0.25, 0.3) is 0 Å². The van der Waals surface area contributed by atoms with Crippen molar-refractivity contribution in [2.75, 3.05) is 0 Å². The zero-order valence-corrected chi connectivity index (χ0v) is 14.6. The molecule has 1 aromatic carbocycles. The molecule has 0 bridgehead atoms.